The zero-order chi connectivity index (χ0) is 17.8. The van der Waals surface area contributed by atoms with Gasteiger partial charge in [-0.1, -0.05) is 11.6 Å². The number of esters is 1. The number of amides is 3. The van der Waals surface area contributed by atoms with Crippen LogP contribution in [0.1, 0.15) is 17.3 Å². The highest BCUT2D eigenvalue weighted by Crippen LogP contribution is 2.23. The number of primary amides is 1. The van der Waals surface area contributed by atoms with Crippen LogP contribution in [-0.4, -0.2) is 39.5 Å². The van der Waals surface area contributed by atoms with Gasteiger partial charge in [0, 0.05) is 0 Å². The van der Waals surface area contributed by atoms with Crippen molar-refractivity contribution in [3.8, 4) is 0 Å². The van der Waals surface area contributed by atoms with E-state index in [9.17, 15) is 22.8 Å². The van der Waals surface area contributed by atoms with Crippen molar-refractivity contribution in [2.75, 3.05) is 7.05 Å². The Morgan fingerprint density at radius 3 is 2.43 bits per heavy atom. The number of hydrogen-bond donors (Lipinski definition) is 3. The van der Waals surface area contributed by atoms with E-state index in [0.29, 0.717) is 0 Å². The number of imide groups is 1. The summed E-state index contributed by atoms with van der Waals surface area (Å²) in [6.45, 7) is 1.22. The number of sulfonamides is 1. The summed E-state index contributed by atoms with van der Waals surface area (Å²) >= 11 is 5.79. The fourth-order valence-electron chi connectivity index (χ4n) is 1.45. The van der Waals surface area contributed by atoms with Crippen molar-refractivity contribution < 1.29 is 27.5 Å². The first-order valence-electron chi connectivity index (χ1n) is 6.13. The standard InChI is InChI=1S/C12H14ClN3O6S/c1-6(10(17)16-12(14)19)22-11(18)7-3-4-8(13)9(5-7)23(20,21)15-2/h3-6,15H,1-2H3,(H3,14,16,17,19). The van der Waals surface area contributed by atoms with Gasteiger partial charge in [0.15, 0.2) is 6.10 Å². The molecule has 126 valence electrons. The fourth-order valence-corrected chi connectivity index (χ4v) is 2.70. The molecule has 0 aliphatic rings. The summed E-state index contributed by atoms with van der Waals surface area (Å²) in [5.74, 6) is -1.88. The Balaban J connectivity index is 3.00. The lowest BCUT2D eigenvalue weighted by molar-refractivity contribution is -0.127. The number of ether oxygens (including phenoxy) is 1. The predicted molar refractivity (Wildman–Crippen MR) is 80.3 cm³/mol. The molecule has 1 unspecified atom stereocenters. The molecule has 1 rings (SSSR count). The Kier molecular flexibility index (Phi) is 6.07. The predicted octanol–water partition coefficient (Wildman–Crippen LogP) is -0.0117. The molecule has 0 aliphatic heterocycles. The molecule has 0 saturated heterocycles. The fraction of sp³-hybridized carbons (Fsp3) is 0.250. The monoisotopic (exact) mass is 363 g/mol. The molecule has 0 saturated carbocycles. The molecule has 4 N–H and O–H groups in total. The minimum Gasteiger partial charge on any atom is -0.449 e. The summed E-state index contributed by atoms with van der Waals surface area (Å²) in [5, 5.41) is 1.66. The quantitative estimate of drug-likeness (QED) is 0.627. The van der Waals surface area contributed by atoms with E-state index in [0.717, 1.165) is 6.07 Å². The van der Waals surface area contributed by atoms with Gasteiger partial charge in [0.05, 0.1) is 10.6 Å². The molecule has 0 fully saturated rings. The van der Waals surface area contributed by atoms with Gasteiger partial charge in [0.1, 0.15) is 4.90 Å². The Morgan fingerprint density at radius 2 is 1.91 bits per heavy atom. The van der Waals surface area contributed by atoms with E-state index in [1.54, 1.807) is 5.32 Å². The van der Waals surface area contributed by atoms with Crippen molar-refractivity contribution in [1.29, 1.82) is 0 Å². The second kappa shape index (κ2) is 7.40. The third-order valence-electron chi connectivity index (χ3n) is 2.62. The topological polar surface area (TPSA) is 145 Å². The number of benzene rings is 1. The van der Waals surface area contributed by atoms with Crippen LogP contribution in [0.4, 0.5) is 4.79 Å². The molecular weight excluding hydrogens is 350 g/mol. The molecule has 11 heteroatoms. The molecule has 1 atom stereocenters. The maximum atomic E-state index is 11.9. The first-order chi connectivity index (χ1) is 10.6. The molecule has 0 heterocycles. The van der Waals surface area contributed by atoms with E-state index in [1.807, 2.05) is 0 Å². The second-order valence-electron chi connectivity index (χ2n) is 4.25. The van der Waals surface area contributed by atoms with E-state index >= 15 is 0 Å². The Labute approximate surface area is 137 Å². The number of rotatable bonds is 5. The third kappa shape index (κ3) is 4.91. The van der Waals surface area contributed by atoms with Crippen LogP contribution in [0.3, 0.4) is 0 Å². The minimum absolute atomic E-state index is 0.0876. The normalized spacial score (nSPS) is 12.3. The van der Waals surface area contributed by atoms with E-state index in [2.05, 4.69) is 4.72 Å². The van der Waals surface area contributed by atoms with E-state index in [-0.39, 0.29) is 15.5 Å². The van der Waals surface area contributed by atoms with Crippen LogP contribution >= 0.6 is 11.6 Å². The number of urea groups is 1. The summed E-state index contributed by atoms with van der Waals surface area (Å²) in [7, 11) is -2.69. The van der Waals surface area contributed by atoms with E-state index in [4.69, 9.17) is 22.1 Å². The van der Waals surface area contributed by atoms with Crippen LogP contribution in [0.5, 0.6) is 0 Å². The second-order valence-corrected chi connectivity index (χ2v) is 6.52. The SMILES string of the molecule is CNS(=O)(=O)c1cc(C(=O)OC(C)C(=O)NC(N)=O)ccc1Cl. The minimum atomic E-state index is -3.88. The van der Waals surface area contributed by atoms with Crippen molar-refractivity contribution in [3.63, 3.8) is 0 Å². The van der Waals surface area contributed by atoms with Crippen LogP contribution in [-0.2, 0) is 19.6 Å². The van der Waals surface area contributed by atoms with E-state index < -0.39 is 34.0 Å². The van der Waals surface area contributed by atoms with Crippen LogP contribution in [0, 0.1) is 0 Å². The summed E-state index contributed by atoms with van der Waals surface area (Å²) in [6, 6.07) is 2.36. The number of carbonyl (C=O) groups excluding carboxylic acids is 3. The van der Waals surface area contributed by atoms with Gasteiger partial charge < -0.3 is 10.5 Å². The zero-order valence-corrected chi connectivity index (χ0v) is 13.7. The molecule has 0 aliphatic carbocycles. The van der Waals surface area contributed by atoms with Gasteiger partial charge in [-0.3, -0.25) is 10.1 Å². The molecular formula is C12H14ClN3O6S. The van der Waals surface area contributed by atoms with Crippen molar-refractivity contribution in [3.05, 3.63) is 28.8 Å². The van der Waals surface area contributed by atoms with Gasteiger partial charge in [0.25, 0.3) is 5.91 Å². The van der Waals surface area contributed by atoms with Gasteiger partial charge in [-0.15, -0.1) is 0 Å². The van der Waals surface area contributed by atoms with Gasteiger partial charge in [-0.05, 0) is 32.2 Å². The number of nitrogens with two attached hydrogens (primary N) is 1. The van der Waals surface area contributed by atoms with Gasteiger partial charge >= 0.3 is 12.0 Å². The molecule has 0 radical (unpaired) electrons. The maximum absolute atomic E-state index is 11.9. The van der Waals surface area contributed by atoms with Gasteiger partial charge in [0.2, 0.25) is 10.0 Å². The van der Waals surface area contributed by atoms with Gasteiger partial charge in [-0.2, -0.15) is 0 Å². The highest BCUT2D eigenvalue weighted by Gasteiger charge is 2.23. The molecule has 1 aromatic rings. The van der Waals surface area contributed by atoms with Crippen LogP contribution in [0.15, 0.2) is 23.1 Å². The van der Waals surface area contributed by atoms with Crippen molar-refractivity contribution in [1.82, 2.24) is 10.0 Å². The first-order valence-corrected chi connectivity index (χ1v) is 7.99. The van der Waals surface area contributed by atoms with Crippen molar-refractivity contribution in [2.24, 2.45) is 5.73 Å². The maximum Gasteiger partial charge on any atom is 0.338 e. The Bertz CT molecular complexity index is 749. The molecule has 0 spiro atoms. The average Bonchev–Trinajstić information content (AvgIpc) is 2.46. The molecule has 3 amide bonds. The Morgan fingerprint density at radius 1 is 1.30 bits per heavy atom. The lowest BCUT2D eigenvalue weighted by Crippen LogP contribution is -2.42. The zero-order valence-electron chi connectivity index (χ0n) is 12.1. The molecule has 9 nitrogen and oxygen atoms in total. The molecule has 1 aromatic carbocycles. The third-order valence-corrected chi connectivity index (χ3v) is 4.52. The summed E-state index contributed by atoms with van der Waals surface area (Å²) in [6.07, 6.45) is -1.31. The molecule has 0 bridgehead atoms. The Hall–Kier alpha value is -2.17. The van der Waals surface area contributed by atoms with Crippen LogP contribution < -0.4 is 15.8 Å². The molecule has 0 aromatic heterocycles. The molecule has 23 heavy (non-hydrogen) atoms. The summed E-state index contributed by atoms with van der Waals surface area (Å²) in [4.78, 5) is 33.6. The van der Waals surface area contributed by atoms with Gasteiger partial charge in [-0.25, -0.2) is 22.7 Å². The van der Waals surface area contributed by atoms with Crippen LogP contribution in [0.25, 0.3) is 0 Å². The van der Waals surface area contributed by atoms with E-state index in [1.165, 1.54) is 26.1 Å². The van der Waals surface area contributed by atoms with Crippen LogP contribution in [0.2, 0.25) is 5.02 Å². The number of hydrogen-bond acceptors (Lipinski definition) is 6. The van der Waals surface area contributed by atoms with Crippen molar-refractivity contribution in [2.45, 2.75) is 17.9 Å². The van der Waals surface area contributed by atoms with Crippen molar-refractivity contribution >= 4 is 39.5 Å². The largest absolute Gasteiger partial charge is 0.449 e. The highest BCUT2D eigenvalue weighted by molar-refractivity contribution is 7.89. The number of halogens is 1. The highest BCUT2D eigenvalue weighted by atomic mass is 35.5. The number of carbonyl (C=O) groups is 3. The first kappa shape index (κ1) is 18.9. The summed E-state index contributed by atoms with van der Waals surface area (Å²) in [5.41, 5.74) is 4.64. The smallest absolute Gasteiger partial charge is 0.338 e. The lowest BCUT2D eigenvalue weighted by Gasteiger charge is -2.13. The summed E-state index contributed by atoms with van der Waals surface area (Å²) < 4.78 is 30.5. The number of nitrogens with one attached hydrogen (secondary N) is 2. The average molecular weight is 364 g/mol. The lowest BCUT2D eigenvalue weighted by atomic mass is 10.2.